The summed E-state index contributed by atoms with van der Waals surface area (Å²) in [5, 5.41) is 14.1. The van der Waals surface area contributed by atoms with Crippen LogP contribution in [-0.2, 0) is 0 Å². The van der Waals surface area contributed by atoms with Gasteiger partial charge in [-0.25, -0.2) is 14.5 Å². The third kappa shape index (κ3) is 2.53. The molecule has 0 spiro atoms. The molecule has 1 fully saturated rings. The van der Waals surface area contributed by atoms with E-state index >= 15 is 0 Å². The van der Waals surface area contributed by atoms with Crippen molar-refractivity contribution in [3.05, 3.63) is 40.3 Å². The highest BCUT2D eigenvalue weighted by molar-refractivity contribution is 6.33. The van der Waals surface area contributed by atoms with Crippen LogP contribution in [0.4, 0.5) is 0 Å². The van der Waals surface area contributed by atoms with Gasteiger partial charge in [0.15, 0.2) is 5.82 Å². The summed E-state index contributed by atoms with van der Waals surface area (Å²) < 4.78 is 1.44. The van der Waals surface area contributed by atoms with Gasteiger partial charge >= 0.3 is 5.97 Å². The second kappa shape index (κ2) is 5.48. The summed E-state index contributed by atoms with van der Waals surface area (Å²) in [4.78, 5) is 15.8. The van der Waals surface area contributed by atoms with E-state index in [1.807, 2.05) is 19.1 Å². The first-order valence-electron chi connectivity index (χ1n) is 7.02. The van der Waals surface area contributed by atoms with Crippen molar-refractivity contribution in [1.29, 1.82) is 0 Å². The maximum absolute atomic E-state index is 11.6. The van der Waals surface area contributed by atoms with E-state index in [9.17, 15) is 9.90 Å². The van der Waals surface area contributed by atoms with Gasteiger partial charge in [-0.15, -0.1) is 0 Å². The number of pyridine rings is 1. The number of aromatic carboxylic acids is 1. The lowest BCUT2D eigenvalue weighted by atomic mass is 10.0. The highest BCUT2D eigenvalue weighted by Crippen LogP contribution is 2.37. The molecule has 2 heterocycles. The minimum Gasteiger partial charge on any atom is -0.478 e. The third-order valence-electron chi connectivity index (χ3n) is 3.93. The summed E-state index contributed by atoms with van der Waals surface area (Å²) in [5.41, 5.74) is 1.73. The fourth-order valence-corrected chi connectivity index (χ4v) is 3.19. The number of rotatable bonds is 3. The normalized spacial score (nSPS) is 15.5. The molecule has 1 aliphatic carbocycles. The SMILES string of the molecule is Cc1ccnc(-n2nc(C3CCCC3)c(C(=O)O)c2Cl)c1. The van der Waals surface area contributed by atoms with Gasteiger partial charge in [0.25, 0.3) is 0 Å². The zero-order chi connectivity index (χ0) is 15.0. The molecule has 0 radical (unpaired) electrons. The van der Waals surface area contributed by atoms with Crippen LogP contribution in [0, 0.1) is 6.92 Å². The van der Waals surface area contributed by atoms with Crippen LogP contribution in [0.15, 0.2) is 18.3 Å². The van der Waals surface area contributed by atoms with Crippen LogP contribution < -0.4 is 0 Å². The van der Waals surface area contributed by atoms with Gasteiger partial charge < -0.3 is 5.11 Å². The molecule has 5 nitrogen and oxygen atoms in total. The summed E-state index contributed by atoms with van der Waals surface area (Å²) in [5.74, 6) is -0.299. The Morgan fingerprint density at radius 3 is 2.76 bits per heavy atom. The van der Waals surface area contributed by atoms with Crippen molar-refractivity contribution in [2.75, 3.05) is 0 Å². The minimum absolute atomic E-state index is 0.117. The van der Waals surface area contributed by atoms with E-state index in [-0.39, 0.29) is 16.6 Å². The van der Waals surface area contributed by atoms with Gasteiger partial charge in [0.2, 0.25) is 0 Å². The van der Waals surface area contributed by atoms with Gasteiger partial charge in [-0.2, -0.15) is 5.10 Å². The van der Waals surface area contributed by atoms with Gasteiger partial charge in [-0.3, -0.25) is 0 Å². The first kappa shape index (κ1) is 14.1. The molecule has 2 aromatic rings. The maximum atomic E-state index is 11.6. The Morgan fingerprint density at radius 2 is 2.14 bits per heavy atom. The van der Waals surface area contributed by atoms with E-state index in [4.69, 9.17) is 11.6 Å². The monoisotopic (exact) mass is 305 g/mol. The third-order valence-corrected chi connectivity index (χ3v) is 4.28. The van der Waals surface area contributed by atoms with Crippen LogP contribution in [0.3, 0.4) is 0 Å². The molecule has 0 bridgehead atoms. The molecular weight excluding hydrogens is 290 g/mol. The van der Waals surface area contributed by atoms with Gasteiger partial charge in [-0.05, 0) is 37.5 Å². The first-order valence-corrected chi connectivity index (χ1v) is 7.40. The molecule has 6 heteroatoms. The second-order valence-electron chi connectivity index (χ2n) is 5.44. The molecule has 0 aliphatic heterocycles. The fourth-order valence-electron chi connectivity index (χ4n) is 2.88. The van der Waals surface area contributed by atoms with E-state index in [1.165, 1.54) is 4.68 Å². The van der Waals surface area contributed by atoms with Crippen LogP contribution in [0.5, 0.6) is 0 Å². The number of hydrogen-bond acceptors (Lipinski definition) is 3. The van der Waals surface area contributed by atoms with Crippen LogP contribution in [0.2, 0.25) is 5.15 Å². The molecule has 0 aromatic carbocycles. The highest BCUT2D eigenvalue weighted by Gasteiger charge is 2.30. The lowest BCUT2D eigenvalue weighted by Crippen LogP contribution is -2.04. The topological polar surface area (TPSA) is 68.0 Å². The number of carboxylic acids is 1. The number of hydrogen-bond donors (Lipinski definition) is 1. The Kier molecular flexibility index (Phi) is 3.68. The number of aryl methyl sites for hydroxylation is 1. The Hall–Kier alpha value is -1.88. The summed E-state index contributed by atoms with van der Waals surface area (Å²) in [6.45, 7) is 1.94. The Bertz CT molecular complexity index is 690. The van der Waals surface area contributed by atoms with Crippen LogP contribution in [0.25, 0.3) is 5.82 Å². The minimum atomic E-state index is -1.03. The molecule has 1 aliphatic rings. The Labute approximate surface area is 127 Å². The van der Waals surface area contributed by atoms with Crippen molar-refractivity contribution < 1.29 is 9.90 Å². The molecule has 21 heavy (non-hydrogen) atoms. The van der Waals surface area contributed by atoms with Crippen molar-refractivity contribution in [2.24, 2.45) is 0 Å². The van der Waals surface area contributed by atoms with E-state index in [1.54, 1.807) is 6.20 Å². The largest absolute Gasteiger partial charge is 0.478 e. The second-order valence-corrected chi connectivity index (χ2v) is 5.80. The van der Waals surface area contributed by atoms with Gasteiger partial charge in [-0.1, -0.05) is 24.4 Å². The number of carbonyl (C=O) groups is 1. The predicted molar refractivity (Wildman–Crippen MR) is 79.3 cm³/mol. The molecule has 0 atom stereocenters. The average Bonchev–Trinajstić information content (AvgIpc) is 3.05. The van der Waals surface area contributed by atoms with Crippen molar-refractivity contribution >= 4 is 17.6 Å². The number of carboxylic acid groups (broad SMARTS) is 1. The predicted octanol–water partition coefficient (Wildman–Crippen LogP) is 3.58. The lowest BCUT2D eigenvalue weighted by Gasteiger charge is -2.05. The van der Waals surface area contributed by atoms with Crippen molar-refractivity contribution in [2.45, 2.75) is 38.5 Å². The standard InChI is InChI=1S/C15H16ClN3O2/c1-9-6-7-17-11(8-9)19-14(16)12(15(20)21)13(18-19)10-4-2-3-5-10/h6-8,10H,2-5H2,1H3,(H,20,21). The fraction of sp³-hybridized carbons (Fsp3) is 0.400. The van der Waals surface area contributed by atoms with Crippen LogP contribution in [0.1, 0.15) is 53.2 Å². The summed E-state index contributed by atoms with van der Waals surface area (Å²) in [6, 6.07) is 3.71. The first-order chi connectivity index (χ1) is 10.1. The Balaban J connectivity index is 2.14. The zero-order valence-electron chi connectivity index (χ0n) is 11.7. The van der Waals surface area contributed by atoms with Crippen molar-refractivity contribution in [1.82, 2.24) is 14.8 Å². The Morgan fingerprint density at radius 1 is 1.43 bits per heavy atom. The molecule has 0 saturated heterocycles. The summed E-state index contributed by atoms with van der Waals surface area (Å²) in [6.07, 6.45) is 5.82. The molecule has 1 N–H and O–H groups in total. The number of halogens is 1. The van der Waals surface area contributed by atoms with E-state index in [0.29, 0.717) is 11.5 Å². The van der Waals surface area contributed by atoms with E-state index in [2.05, 4.69) is 10.1 Å². The van der Waals surface area contributed by atoms with Crippen molar-refractivity contribution in [3.8, 4) is 5.82 Å². The van der Waals surface area contributed by atoms with Crippen LogP contribution in [-0.4, -0.2) is 25.8 Å². The lowest BCUT2D eigenvalue weighted by molar-refractivity contribution is 0.0695. The van der Waals surface area contributed by atoms with Gasteiger partial charge in [0.1, 0.15) is 10.7 Å². The summed E-state index contributed by atoms with van der Waals surface area (Å²) >= 11 is 6.27. The zero-order valence-corrected chi connectivity index (χ0v) is 12.5. The van der Waals surface area contributed by atoms with Crippen molar-refractivity contribution in [3.63, 3.8) is 0 Å². The molecule has 1 saturated carbocycles. The molecule has 110 valence electrons. The molecule has 0 amide bonds. The van der Waals surface area contributed by atoms with E-state index in [0.717, 1.165) is 31.2 Å². The smallest absolute Gasteiger partial charge is 0.340 e. The molecular formula is C15H16ClN3O2. The van der Waals surface area contributed by atoms with Gasteiger partial charge in [0.05, 0.1) is 5.69 Å². The molecule has 3 rings (SSSR count). The van der Waals surface area contributed by atoms with Gasteiger partial charge in [0, 0.05) is 12.1 Å². The maximum Gasteiger partial charge on any atom is 0.340 e. The van der Waals surface area contributed by atoms with Crippen LogP contribution >= 0.6 is 11.6 Å². The average molecular weight is 306 g/mol. The number of nitrogens with zero attached hydrogens (tertiary/aromatic N) is 3. The quantitative estimate of drug-likeness (QED) is 0.941. The highest BCUT2D eigenvalue weighted by atomic mass is 35.5. The molecule has 0 unspecified atom stereocenters. The molecule has 2 aromatic heterocycles. The van der Waals surface area contributed by atoms with E-state index < -0.39 is 5.97 Å². The summed E-state index contributed by atoms with van der Waals surface area (Å²) in [7, 11) is 0. The number of aromatic nitrogens is 3.